The zero-order valence-electron chi connectivity index (χ0n) is 11.9. The van der Waals surface area contributed by atoms with E-state index >= 15 is 0 Å². The van der Waals surface area contributed by atoms with Crippen LogP contribution >= 0.6 is 23.2 Å². The summed E-state index contributed by atoms with van der Waals surface area (Å²) >= 11 is 12.2. The zero-order chi connectivity index (χ0) is 14.7. The molecular formula is C14H21Cl2N3O. The summed E-state index contributed by atoms with van der Waals surface area (Å²) in [5, 5.41) is 10.6. The molecule has 1 aliphatic heterocycles. The Bertz CT molecular complexity index is 456. The molecule has 0 amide bonds. The standard InChI is InChI=1S/C14H21Cl2N3O/c1-10-7-18(3-4-19(10)8-11(2)20)9-12-5-17-6-13(15)14(12)16/h5-6,10-11,20H,3-4,7-9H2,1-2H3. The number of hydrogen-bond donors (Lipinski definition) is 1. The second-order valence-corrected chi connectivity index (χ2v) is 6.31. The molecule has 1 N–H and O–H groups in total. The largest absolute Gasteiger partial charge is 0.392 e. The lowest BCUT2D eigenvalue weighted by Gasteiger charge is -2.40. The first kappa shape index (κ1) is 16.0. The van der Waals surface area contributed by atoms with Crippen LogP contribution in [0.2, 0.25) is 10.0 Å². The molecule has 1 fully saturated rings. The summed E-state index contributed by atoms with van der Waals surface area (Å²) in [5.74, 6) is 0. The third kappa shape index (κ3) is 4.06. The summed E-state index contributed by atoms with van der Waals surface area (Å²) in [6, 6.07) is 0.421. The number of aromatic nitrogens is 1. The number of aliphatic hydroxyl groups excluding tert-OH is 1. The summed E-state index contributed by atoms with van der Waals surface area (Å²) in [5.41, 5.74) is 0.968. The molecule has 112 valence electrons. The Morgan fingerprint density at radius 1 is 1.40 bits per heavy atom. The maximum Gasteiger partial charge on any atom is 0.0778 e. The number of β-amino-alcohol motifs (C(OH)–C–C–N with tert-alkyl or cyclic N) is 1. The maximum atomic E-state index is 9.49. The molecule has 2 unspecified atom stereocenters. The van der Waals surface area contributed by atoms with Gasteiger partial charge in [0.2, 0.25) is 0 Å². The lowest BCUT2D eigenvalue weighted by molar-refractivity contribution is 0.0423. The number of piperazine rings is 1. The Labute approximate surface area is 130 Å². The molecular weight excluding hydrogens is 297 g/mol. The van der Waals surface area contributed by atoms with E-state index in [2.05, 4.69) is 21.7 Å². The van der Waals surface area contributed by atoms with Crippen LogP contribution in [-0.2, 0) is 6.54 Å². The van der Waals surface area contributed by atoms with Gasteiger partial charge in [0.25, 0.3) is 0 Å². The third-order valence-electron chi connectivity index (χ3n) is 3.65. The quantitative estimate of drug-likeness (QED) is 0.924. The fourth-order valence-electron chi connectivity index (χ4n) is 2.64. The third-order valence-corrected chi connectivity index (χ3v) is 4.48. The summed E-state index contributed by atoms with van der Waals surface area (Å²) in [4.78, 5) is 8.77. The van der Waals surface area contributed by atoms with Crippen LogP contribution in [0, 0.1) is 0 Å². The number of nitrogens with zero attached hydrogens (tertiary/aromatic N) is 3. The number of rotatable bonds is 4. The highest BCUT2D eigenvalue weighted by atomic mass is 35.5. The van der Waals surface area contributed by atoms with Crippen molar-refractivity contribution in [1.29, 1.82) is 0 Å². The molecule has 0 radical (unpaired) electrons. The molecule has 0 saturated carbocycles. The van der Waals surface area contributed by atoms with E-state index in [1.54, 1.807) is 12.4 Å². The van der Waals surface area contributed by atoms with Crippen LogP contribution in [0.3, 0.4) is 0 Å². The highest BCUT2D eigenvalue weighted by molar-refractivity contribution is 6.42. The Morgan fingerprint density at radius 2 is 2.15 bits per heavy atom. The van der Waals surface area contributed by atoms with E-state index in [4.69, 9.17) is 23.2 Å². The van der Waals surface area contributed by atoms with E-state index in [0.29, 0.717) is 16.1 Å². The molecule has 2 rings (SSSR count). The molecule has 1 aromatic rings. The molecule has 0 aliphatic carbocycles. The summed E-state index contributed by atoms with van der Waals surface area (Å²) < 4.78 is 0. The molecule has 0 bridgehead atoms. The molecule has 6 heteroatoms. The van der Waals surface area contributed by atoms with E-state index in [9.17, 15) is 5.11 Å². The Hall–Kier alpha value is -0.390. The first-order valence-corrected chi connectivity index (χ1v) is 7.65. The minimum atomic E-state index is -0.282. The zero-order valence-corrected chi connectivity index (χ0v) is 13.4. The van der Waals surface area contributed by atoms with Crippen molar-refractivity contribution in [1.82, 2.24) is 14.8 Å². The van der Waals surface area contributed by atoms with E-state index in [1.807, 2.05) is 6.92 Å². The van der Waals surface area contributed by atoms with Crippen molar-refractivity contribution < 1.29 is 5.11 Å². The predicted molar refractivity (Wildman–Crippen MR) is 82.2 cm³/mol. The predicted octanol–water partition coefficient (Wildman–Crippen LogP) is 2.28. The van der Waals surface area contributed by atoms with Gasteiger partial charge >= 0.3 is 0 Å². The van der Waals surface area contributed by atoms with E-state index in [1.165, 1.54) is 0 Å². The second-order valence-electron chi connectivity index (χ2n) is 5.52. The maximum absolute atomic E-state index is 9.49. The fraction of sp³-hybridized carbons (Fsp3) is 0.643. The van der Waals surface area contributed by atoms with Crippen molar-refractivity contribution in [2.24, 2.45) is 0 Å². The average molecular weight is 318 g/mol. The number of halogens is 2. The molecule has 20 heavy (non-hydrogen) atoms. The smallest absolute Gasteiger partial charge is 0.0778 e. The molecule has 4 nitrogen and oxygen atoms in total. The minimum absolute atomic E-state index is 0.282. The molecule has 1 saturated heterocycles. The van der Waals surface area contributed by atoms with Crippen LogP contribution in [0.15, 0.2) is 12.4 Å². The number of hydrogen-bond acceptors (Lipinski definition) is 4. The number of pyridine rings is 1. The van der Waals surface area contributed by atoms with Crippen molar-refractivity contribution >= 4 is 23.2 Å². The lowest BCUT2D eigenvalue weighted by Crippen LogP contribution is -2.53. The summed E-state index contributed by atoms with van der Waals surface area (Å²) in [6.07, 6.45) is 3.06. The second kappa shape index (κ2) is 7.05. The molecule has 0 spiro atoms. The van der Waals surface area contributed by atoms with Crippen molar-refractivity contribution in [3.05, 3.63) is 28.0 Å². The van der Waals surface area contributed by atoms with Crippen molar-refractivity contribution in [2.75, 3.05) is 26.2 Å². The van der Waals surface area contributed by atoms with Gasteiger partial charge in [-0.3, -0.25) is 14.8 Å². The summed E-state index contributed by atoms with van der Waals surface area (Å²) in [7, 11) is 0. The monoisotopic (exact) mass is 317 g/mol. The minimum Gasteiger partial charge on any atom is -0.392 e. The normalized spacial score (nSPS) is 22.9. The van der Waals surface area contributed by atoms with Crippen LogP contribution in [0.1, 0.15) is 19.4 Å². The first-order valence-electron chi connectivity index (χ1n) is 6.89. The van der Waals surface area contributed by atoms with Gasteiger partial charge in [-0.05, 0) is 13.8 Å². The van der Waals surface area contributed by atoms with Gasteiger partial charge in [-0.1, -0.05) is 23.2 Å². The van der Waals surface area contributed by atoms with Crippen LogP contribution in [0.5, 0.6) is 0 Å². The van der Waals surface area contributed by atoms with Gasteiger partial charge in [0.1, 0.15) is 0 Å². The first-order chi connectivity index (χ1) is 9.47. The van der Waals surface area contributed by atoms with Gasteiger partial charge in [-0.15, -0.1) is 0 Å². The van der Waals surface area contributed by atoms with E-state index in [0.717, 1.165) is 38.3 Å². The van der Waals surface area contributed by atoms with Crippen molar-refractivity contribution in [3.63, 3.8) is 0 Å². The van der Waals surface area contributed by atoms with Gasteiger partial charge in [-0.2, -0.15) is 0 Å². The Balaban J connectivity index is 1.94. The number of aliphatic hydroxyl groups is 1. The van der Waals surface area contributed by atoms with Gasteiger partial charge in [0.15, 0.2) is 0 Å². The van der Waals surface area contributed by atoms with E-state index < -0.39 is 0 Å². The van der Waals surface area contributed by atoms with Crippen molar-refractivity contribution in [3.8, 4) is 0 Å². The topological polar surface area (TPSA) is 39.6 Å². The van der Waals surface area contributed by atoms with Crippen LogP contribution in [0.4, 0.5) is 0 Å². The van der Waals surface area contributed by atoms with Gasteiger partial charge < -0.3 is 5.11 Å². The molecule has 1 aromatic heterocycles. The van der Waals surface area contributed by atoms with Crippen LogP contribution in [-0.4, -0.2) is 58.2 Å². The van der Waals surface area contributed by atoms with Crippen LogP contribution < -0.4 is 0 Å². The Kier molecular flexibility index (Phi) is 5.64. The van der Waals surface area contributed by atoms with Crippen molar-refractivity contribution in [2.45, 2.75) is 32.5 Å². The van der Waals surface area contributed by atoms with E-state index in [-0.39, 0.29) is 6.10 Å². The Morgan fingerprint density at radius 3 is 2.80 bits per heavy atom. The lowest BCUT2D eigenvalue weighted by atomic mass is 10.1. The molecule has 1 aliphatic rings. The van der Waals surface area contributed by atoms with Gasteiger partial charge in [0, 0.05) is 56.7 Å². The molecule has 2 heterocycles. The van der Waals surface area contributed by atoms with Gasteiger partial charge in [-0.25, -0.2) is 0 Å². The average Bonchev–Trinajstić information content (AvgIpc) is 2.38. The highest BCUT2D eigenvalue weighted by Crippen LogP contribution is 2.26. The van der Waals surface area contributed by atoms with Crippen LogP contribution in [0.25, 0.3) is 0 Å². The fourth-order valence-corrected chi connectivity index (χ4v) is 2.97. The highest BCUT2D eigenvalue weighted by Gasteiger charge is 2.24. The molecule has 0 aromatic carbocycles. The molecule has 2 atom stereocenters. The SMILES string of the molecule is CC(O)CN1CCN(Cc2cncc(Cl)c2Cl)CC1C. The summed E-state index contributed by atoms with van der Waals surface area (Å²) in [6.45, 7) is 8.38. The van der Waals surface area contributed by atoms with Gasteiger partial charge in [0.05, 0.1) is 16.1 Å².